The maximum atomic E-state index is 11.8. The molecule has 0 aromatic heterocycles. The van der Waals surface area contributed by atoms with Crippen LogP contribution in [0.2, 0.25) is 0 Å². The van der Waals surface area contributed by atoms with E-state index in [2.05, 4.69) is 24.4 Å². The van der Waals surface area contributed by atoms with E-state index in [-0.39, 0.29) is 12.5 Å². The summed E-state index contributed by atoms with van der Waals surface area (Å²) in [6.45, 7) is 4.29. The van der Waals surface area contributed by atoms with Gasteiger partial charge in [0, 0.05) is 4.90 Å². The summed E-state index contributed by atoms with van der Waals surface area (Å²) in [7, 11) is 0. The third-order valence-corrected chi connectivity index (χ3v) is 4.69. The van der Waals surface area contributed by atoms with Crippen LogP contribution in [-0.2, 0) is 4.79 Å². The van der Waals surface area contributed by atoms with Crippen molar-refractivity contribution < 1.29 is 9.53 Å². The van der Waals surface area contributed by atoms with Crippen LogP contribution in [0.5, 0.6) is 5.75 Å². The van der Waals surface area contributed by atoms with Crippen molar-refractivity contribution in [1.82, 2.24) is 5.43 Å². The zero-order valence-electron chi connectivity index (χ0n) is 14.9. The first-order chi connectivity index (χ1) is 12.1. The zero-order chi connectivity index (χ0) is 18.1. The van der Waals surface area contributed by atoms with Gasteiger partial charge in [0.25, 0.3) is 5.91 Å². The molecule has 25 heavy (non-hydrogen) atoms. The molecule has 2 aromatic carbocycles. The number of ether oxygens (including phenoxy) is 1. The van der Waals surface area contributed by atoms with Crippen LogP contribution in [0.1, 0.15) is 37.3 Å². The molecule has 5 heteroatoms. The van der Waals surface area contributed by atoms with Crippen molar-refractivity contribution in [3.63, 3.8) is 0 Å². The number of nitrogens with one attached hydrogen (secondary N) is 1. The van der Waals surface area contributed by atoms with Gasteiger partial charge >= 0.3 is 0 Å². The highest BCUT2D eigenvalue weighted by molar-refractivity contribution is 7.98. The number of hydrogen-bond donors (Lipinski definition) is 1. The van der Waals surface area contributed by atoms with Crippen LogP contribution in [0.15, 0.2) is 58.5 Å². The number of carbonyl (C=O) groups excluding carboxylic acids is 1. The van der Waals surface area contributed by atoms with Gasteiger partial charge in [0.15, 0.2) is 6.61 Å². The van der Waals surface area contributed by atoms with Gasteiger partial charge in [0.05, 0.1) is 6.21 Å². The Morgan fingerprint density at radius 3 is 2.48 bits per heavy atom. The molecule has 2 rings (SSSR count). The second-order valence-corrected chi connectivity index (χ2v) is 6.61. The van der Waals surface area contributed by atoms with Crippen LogP contribution < -0.4 is 10.2 Å². The van der Waals surface area contributed by atoms with Gasteiger partial charge in [0.2, 0.25) is 0 Å². The largest absolute Gasteiger partial charge is 0.484 e. The van der Waals surface area contributed by atoms with Crippen LogP contribution >= 0.6 is 11.8 Å². The van der Waals surface area contributed by atoms with E-state index >= 15 is 0 Å². The third kappa shape index (κ3) is 6.27. The lowest BCUT2D eigenvalue weighted by atomic mass is 9.99. The molecule has 0 heterocycles. The summed E-state index contributed by atoms with van der Waals surface area (Å²) < 4.78 is 5.48. The summed E-state index contributed by atoms with van der Waals surface area (Å²) in [5.41, 5.74) is 4.67. The van der Waals surface area contributed by atoms with Crippen molar-refractivity contribution in [3.05, 3.63) is 59.7 Å². The highest BCUT2D eigenvalue weighted by atomic mass is 32.2. The van der Waals surface area contributed by atoms with Crippen LogP contribution in [0.4, 0.5) is 0 Å². The molecular formula is C20H24N2O2S. The van der Waals surface area contributed by atoms with Gasteiger partial charge < -0.3 is 4.74 Å². The number of rotatable bonds is 8. The molecule has 4 nitrogen and oxygen atoms in total. The molecule has 0 bridgehead atoms. The van der Waals surface area contributed by atoms with Gasteiger partial charge in [-0.1, -0.05) is 38.1 Å². The fourth-order valence-electron chi connectivity index (χ4n) is 2.18. The first kappa shape index (κ1) is 19.1. The van der Waals surface area contributed by atoms with Gasteiger partial charge in [-0.25, -0.2) is 5.43 Å². The fraction of sp³-hybridized carbons (Fsp3) is 0.300. The Kier molecular flexibility index (Phi) is 7.54. The number of carbonyl (C=O) groups is 1. The van der Waals surface area contributed by atoms with E-state index in [1.807, 2.05) is 54.8 Å². The summed E-state index contributed by atoms with van der Waals surface area (Å²) in [6.07, 6.45) is 4.74. The van der Waals surface area contributed by atoms with E-state index in [9.17, 15) is 4.79 Å². The normalized spacial score (nSPS) is 12.1. The van der Waals surface area contributed by atoms with E-state index in [0.29, 0.717) is 11.7 Å². The average molecular weight is 356 g/mol. The molecule has 0 radical (unpaired) electrons. The summed E-state index contributed by atoms with van der Waals surface area (Å²) in [4.78, 5) is 13.0. The zero-order valence-corrected chi connectivity index (χ0v) is 15.7. The summed E-state index contributed by atoms with van der Waals surface area (Å²) in [5, 5.41) is 3.95. The van der Waals surface area contributed by atoms with Gasteiger partial charge in [-0.3, -0.25) is 4.79 Å². The van der Waals surface area contributed by atoms with E-state index in [1.165, 1.54) is 10.5 Å². The minimum Gasteiger partial charge on any atom is -0.484 e. The van der Waals surface area contributed by atoms with Crippen molar-refractivity contribution in [3.8, 4) is 5.75 Å². The number of benzene rings is 2. The first-order valence-electron chi connectivity index (χ1n) is 8.31. The Hall–Kier alpha value is -2.27. The highest BCUT2D eigenvalue weighted by Gasteiger charge is 2.04. The minimum absolute atomic E-state index is 0.0641. The Morgan fingerprint density at radius 2 is 1.88 bits per heavy atom. The molecular weight excluding hydrogens is 332 g/mol. The first-order valence-corrected chi connectivity index (χ1v) is 9.53. The molecule has 1 N–H and O–H groups in total. The van der Waals surface area contributed by atoms with Crippen molar-refractivity contribution in [2.45, 2.75) is 31.1 Å². The van der Waals surface area contributed by atoms with Crippen LogP contribution in [0, 0.1) is 0 Å². The third-order valence-electron chi connectivity index (χ3n) is 3.95. The van der Waals surface area contributed by atoms with Crippen molar-refractivity contribution >= 4 is 23.9 Å². The predicted molar refractivity (Wildman–Crippen MR) is 105 cm³/mol. The fourth-order valence-corrected chi connectivity index (χ4v) is 2.59. The maximum absolute atomic E-state index is 11.8. The Bertz CT molecular complexity index is 697. The summed E-state index contributed by atoms with van der Waals surface area (Å²) in [6, 6.07) is 15.8. The molecule has 0 aliphatic heterocycles. The molecule has 132 valence electrons. The van der Waals surface area contributed by atoms with Gasteiger partial charge in [-0.15, -0.1) is 11.8 Å². The molecule has 0 fully saturated rings. The van der Waals surface area contributed by atoms with Crippen molar-refractivity contribution in [1.29, 1.82) is 0 Å². The lowest BCUT2D eigenvalue weighted by molar-refractivity contribution is -0.123. The molecule has 2 aromatic rings. The van der Waals surface area contributed by atoms with Crippen LogP contribution in [0.25, 0.3) is 0 Å². The molecule has 0 aliphatic carbocycles. The van der Waals surface area contributed by atoms with Crippen LogP contribution in [0.3, 0.4) is 0 Å². The maximum Gasteiger partial charge on any atom is 0.277 e. The molecule has 1 amide bonds. The predicted octanol–water partition coefficient (Wildman–Crippen LogP) is 4.45. The number of hydrogen-bond acceptors (Lipinski definition) is 4. The van der Waals surface area contributed by atoms with Crippen LogP contribution in [-0.4, -0.2) is 25.0 Å². The quantitative estimate of drug-likeness (QED) is 0.432. The molecule has 0 spiro atoms. The average Bonchev–Trinajstić information content (AvgIpc) is 2.66. The molecule has 1 atom stereocenters. The van der Waals surface area contributed by atoms with E-state index < -0.39 is 0 Å². The van der Waals surface area contributed by atoms with E-state index in [1.54, 1.807) is 18.0 Å². The minimum atomic E-state index is -0.289. The summed E-state index contributed by atoms with van der Waals surface area (Å²) >= 11 is 1.68. The lowest BCUT2D eigenvalue weighted by Gasteiger charge is -2.10. The van der Waals surface area contributed by atoms with Gasteiger partial charge in [-0.2, -0.15) is 5.10 Å². The molecule has 0 saturated carbocycles. The molecule has 1 unspecified atom stereocenters. The SMILES string of the molecule is CCC(C)c1ccc(OCC(=O)NN=Cc2ccc(SC)cc2)cc1. The van der Waals surface area contributed by atoms with Gasteiger partial charge in [0.1, 0.15) is 5.75 Å². The lowest BCUT2D eigenvalue weighted by Crippen LogP contribution is -2.24. The Balaban J connectivity index is 1.77. The highest BCUT2D eigenvalue weighted by Crippen LogP contribution is 2.21. The van der Waals surface area contributed by atoms with Crippen molar-refractivity contribution in [2.24, 2.45) is 5.10 Å². The van der Waals surface area contributed by atoms with E-state index in [4.69, 9.17) is 4.74 Å². The Morgan fingerprint density at radius 1 is 1.20 bits per heavy atom. The van der Waals surface area contributed by atoms with Gasteiger partial charge in [-0.05, 0) is 54.0 Å². The second-order valence-electron chi connectivity index (χ2n) is 5.73. The van der Waals surface area contributed by atoms with Crippen molar-refractivity contribution in [2.75, 3.05) is 12.9 Å². The molecule has 0 saturated heterocycles. The number of amides is 1. The Labute approximate surface area is 153 Å². The smallest absolute Gasteiger partial charge is 0.277 e. The standard InChI is InChI=1S/C20H24N2O2S/c1-4-15(2)17-7-9-18(10-8-17)24-14-20(23)22-21-13-16-5-11-19(25-3)12-6-16/h5-13,15H,4,14H2,1-3H3,(H,22,23). The topological polar surface area (TPSA) is 50.7 Å². The number of nitrogens with zero attached hydrogens (tertiary/aromatic N) is 1. The monoisotopic (exact) mass is 356 g/mol. The number of hydrazone groups is 1. The summed E-state index contributed by atoms with van der Waals surface area (Å²) in [5.74, 6) is 0.915. The molecule has 0 aliphatic rings. The number of thioether (sulfide) groups is 1. The second kappa shape index (κ2) is 9.89. The van der Waals surface area contributed by atoms with E-state index in [0.717, 1.165) is 12.0 Å².